The lowest BCUT2D eigenvalue weighted by Gasteiger charge is -2.39. The maximum absolute atomic E-state index is 14.4. The predicted octanol–water partition coefficient (Wildman–Crippen LogP) is 9.82. The Bertz CT molecular complexity index is 2640. The van der Waals surface area contributed by atoms with E-state index in [-0.39, 0.29) is 43.3 Å². The molecule has 5 atom stereocenters. The maximum atomic E-state index is 14.4. The summed E-state index contributed by atoms with van der Waals surface area (Å²) in [5, 5.41) is 27.4. The molecule has 0 spiro atoms. The summed E-state index contributed by atoms with van der Waals surface area (Å²) < 4.78 is 55.5. The highest BCUT2D eigenvalue weighted by Gasteiger charge is 2.53. The van der Waals surface area contributed by atoms with Crippen molar-refractivity contribution in [2.45, 2.75) is 115 Å². The number of fused-ring (bicyclic) bond motifs is 3. The van der Waals surface area contributed by atoms with Crippen LogP contribution in [0.25, 0.3) is 0 Å². The molecule has 1 aromatic heterocycles. The molecule has 1 N–H and O–H groups in total. The van der Waals surface area contributed by atoms with E-state index in [9.17, 15) is 15.3 Å². The van der Waals surface area contributed by atoms with Gasteiger partial charge in [0.1, 0.15) is 35.4 Å². The van der Waals surface area contributed by atoms with E-state index in [0.717, 1.165) is 32.9 Å². The molecule has 4 aromatic carbocycles. The van der Waals surface area contributed by atoms with Crippen molar-refractivity contribution in [1.82, 2.24) is 19.3 Å². The fraction of sp³-hybridized carbons (Fsp3) is 0.442. The highest BCUT2D eigenvalue weighted by molar-refractivity contribution is 7.44. The van der Waals surface area contributed by atoms with Crippen molar-refractivity contribution in [3.8, 4) is 29.1 Å². The molecule has 0 saturated carbocycles. The summed E-state index contributed by atoms with van der Waals surface area (Å²) in [7, 11) is 2.94. The topological polar surface area (TPSA) is 171 Å². The molecule has 1 saturated heterocycles. The van der Waals surface area contributed by atoms with Crippen molar-refractivity contribution in [3.05, 3.63) is 135 Å². The van der Waals surface area contributed by atoms with Gasteiger partial charge in [0.15, 0.2) is 23.5 Å². The van der Waals surface area contributed by atoms with Gasteiger partial charge in [-0.1, -0.05) is 54.6 Å². The summed E-state index contributed by atoms with van der Waals surface area (Å²) >= 11 is 0. The molecule has 1 radical (unpaired) electrons. The second-order valence-corrected chi connectivity index (χ2v) is 20.3. The quantitative estimate of drug-likeness (QED) is 0.0490. The van der Waals surface area contributed by atoms with Crippen LogP contribution in [-0.2, 0) is 45.1 Å². The van der Waals surface area contributed by atoms with Gasteiger partial charge < -0.3 is 42.8 Å². The van der Waals surface area contributed by atoms with Crippen LogP contribution in [0.15, 0.2) is 102 Å². The number of anilines is 2. The molecule has 5 aromatic rings. The van der Waals surface area contributed by atoms with E-state index in [1.165, 1.54) is 4.57 Å². The van der Waals surface area contributed by atoms with Crippen molar-refractivity contribution in [3.63, 3.8) is 0 Å². The summed E-state index contributed by atoms with van der Waals surface area (Å²) in [6, 6.07) is 31.3. The first kappa shape index (κ1) is 50.0. The normalized spacial score (nSPS) is 20.7. The third-order valence-corrected chi connectivity index (χ3v) is 15.3. The van der Waals surface area contributed by atoms with E-state index in [2.05, 4.69) is 48.7 Å². The van der Waals surface area contributed by atoms with Crippen LogP contribution < -0.4 is 25.2 Å². The second-order valence-electron chi connectivity index (χ2n) is 18.9. The van der Waals surface area contributed by atoms with Gasteiger partial charge in [0.25, 0.3) is 8.53 Å². The van der Waals surface area contributed by atoms with E-state index in [1.54, 1.807) is 27.5 Å². The van der Waals surface area contributed by atoms with E-state index >= 15 is 0 Å². The van der Waals surface area contributed by atoms with Gasteiger partial charge in [-0.25, -0.2) is 9.46 Å². The Morgan fingerprint density at radius 3 is 1.97 bits per heavy atom. The van der Waals surface area contributed by atoms with Gasteiger partial charge in [-0.3, -0.25) is 4.57 Å². The number of ether oxygens (including phenoxy) is 6. The fourth-order valence-corrected chi connectivity index (χ4v) is 11.6. The van der Waals surface area contributed by atoms with Crippen molar-refractivity contribution in [1.29, 1.82) is 5.26 Å². The smallest absolute Gasteiger partial charge is 0.351 e. The average Bonchev–Trinajstić information content (AvgIpc) is 3.74. The lowest BCUT2D eigenvalue weighted by Crippen LogP contribution is -2.43. The molecule has 3 aliphatic rings. The van der Waals surface area contributed by atoms with Crippen LogP contribution in [0.2, 0.25) is 0 Å². The summed E-state index contributed by atoms with van der Waals surface area (Å²) in [4.78, 5) is 18.8. The fourth-order valence-electron chi connectivity index (χ4n) is 9.86. The molecular weight excluding hydrogens is 900 g/mol. The first-order valence-corrected chi connectivity index (χ1v) is 24.3. The molecule has 69 heavy (non-hydrogen) atoms. The lowest BCUT2D eigenvalue weighted by atomic mass is 9.80. The van der Waals surface area contributed by atoms with Gasteiger partial charge >= 0.3 is 5.69 Å². The summed E-state index contributed by atoms with van der Waals surface area (Å²) in [5.41, 5.74) is 1.26. The SMILES string of the molecule is COc1ccc(C(OC[C@H]2O[C@@H](n3cc4c(nc3=O)Nc3cc5c(cc3O4)C(C)(C)N([O])C5(C)C)[C@H](OC)[C@@H]2OP(OCCC#N)N(C(C)C)C(C)C)(c2ccccc2)c2ccc(OC)cc2)cc1. The molecular formula is C52H62N6O10P. The zero-order chi connectivity index (χ0) is 49.4. The number of nitriles is 1. The van der Waals surface area contributed by atoms with E-state index in [0.29, 0.717) is 22.9 Å². The Balaban J connectivity index is 1.22. The average molecular weight is 962 g/mol. The minimum atomic E-state index is -1.84. The summed E-state index contributed by atoms with van der Waals surface area (Å²) in [6.07, 6.45) is -2.11. The Labute approximate surface area is 405 Å². The van der Waals surface area contributed by atoms with Gasteiger partial charge in [0.05, 0.1) is 62.9 Å². The van der Waals surface area contributed by atoms with Gasteiger partial charge in [0.2, 0.25) is 0 Å². The number of methoxy groups -OCH3 is 3. The van der Waals surface area contributed by atoms with Crippen LogP contribution in [0.3, 0.4) is 0 Å². The van der Waals surface area contributed by atoms with Gasteiger partial charge in [0, 0.05) is 19.2 Å². The highest BCUT2D eigenvalue weighted by atomic mass is 31.2. The molecule has 0 bridgehead atoms. The molecule has 16 nitrogen and oxygen atoms in total. The zero-order valence-electron chi connectivity index (χ0n) is 41.1. The van der Waals surface area contributed by atoms with E-state index in [1.807, 2.05) is 119 Å². The lowest BCUT2D eigenvalue weighted by molar-refractivity contribution is -0.266. The van der Waals surface area contributed by atoms with Crippen molar-refractivity contribution in [2.24, 2.45) is 0 Å². The van der Waals surface area contributed by atoms with Crippen LogP contribution in [0.5, 0.6) is 23.0 Å². The van der Waals surface area contributed by atoms with Crippen LogP contribution in [-0.4, -0.2) is 84.2 Å². The molecule has 17 heteroatoms. The van der Waals surface area contributed by atoms with E-state index in [4.69, 9.17) is 37.5 Å². The van der Waals surface area contributed by atoms with Crippen LogP contribution in [0.1, 0.15) is 95.9 Å². The minimum Gasteiger partial charge on any atom is -0.497 e. The first-order chi connectivity index (χ1) is 33.0. The number of benzene rings is 4. The molecule has 4 heterocycles. The Morgan fingerprint density at radius 1 is 0.841 bits per heavy atom. The monoisotopic (exact) mass is 961 g/mol. The number of hydrogen-bond acceptors (Lipinski definition) is 14. The maximum Gasteiger partial charge on any atom is 0.351 e. The van der Waals surface area contributed by atoms with Crippen LogP contribution in [0.4, 0.5) is 11.5 Å². The molecule has 1 unspecified atom stereocenters. The number of nitrogens with one attached hydrogen (secondary N) is 1. The van der Waals surface area contributed by atoms with E-state index < -0.39 is 55.4 Å². The van der Waals surface area contributed by atoms with Crippen LogP contribution in [0, 0.1) is 11.3 Å². The third-order valence-electron chi connectivity index (χ3n) is 13.2. The standard InChI is InChI=1S/C52H62N6O10P/c1-32(2)57(33(3)4)69(65-27-15-26-53)68-45-44(31-64-52(34-16-13-12-14-17-34,35-18-22-37(61-9)23-19-35)36-20-24-38(62-10)25-21-36)67-48(46(45)63-11)56-30-43-47(55-49(56)59)54-41-28-39-40(29-42(41)66-43)51(7,8)58(60)50(39,5)6/h12-14,16-25,28-30,32-33,44-46,48H,15,27,31H2,1-11H3,(H,54,55,59)/t44-,45-,46-,48-,69?/m1/s1. The predicted molar refractivity (Wildman–Crippen MR) is 260 cm³/mol. The van der Waals surface area contributed by atoms with Crippen molar-refractivity contribution >= 4 is 20.0 Å². The number of hydroxylamine groups is 2. The van der Waals surface area contributed by atoms with Crippen molar-refractivity contribution in [2.75, 3.05) is 39.9 Å². The Kier molecular flexibility index (Phi) is 14.6. The second kappa shape index (κ2) is 20.1. The number of aromatic nitrogens is 2. The zero-order valence-corrected chi connectivity index (χ0v) is 42.0. The van der Waals surface area contributed by atoms with Gasteiger partial charge in [-0.05, 0) is 120 Å². The first-order valence-electron chi connectivity index (χ1n) is 23.2. The summed E-state index contributed by atoms with van der Waals surface area (Å²) in [6.45, 7) is 15.9. The number of nitrogens with zero attached hydrogens (tertiary/aromatic N) is 5. The summed E-state index contributed by atoms with van der Waals surface area (Å²) in [5.74, 6) is 2.31. The highest BCUT2D eigenvalue weighted by Crippen LogP contribution is 2.54. The Hall–Kier alpha value is -5.44. The Morgan fingerprint density at radius 2 is 1.42 bits per heavy atom. The minimum absolute atomic E-state index is 0.0162. The molecule has 8 rings (SSSR count). The third kappa shape index (κ3) is 9.24. The van der Waals surface area contributed by atoms with Gasteiger partial charge in [-0.2, -0.15) is 10.2 Å². The molecule has 0 aliphatic carbocycles. The largest absolute Gasteiger partial charge is 0.497 e. The molecule has 0 amide bonds. The van der Waals surface area contributed by atoms with Crippen molar-refractivity contribution < 1.29 is 42.7 Å². The molecule has 3 aliphatic heterocycles. The number of hydrogen-bond donors (Lipinski definition) is 1. The molecule has 365 valence electrons. The number of rotatable bonds is 18. The molecule has 1 fully saturated rings. The van der Waals surface area contributed by atoms with Crippen LogP contribution >= 0.6 is 8.53 Å². The van der Waals surface area contributed by atoms with Gasteiger partial charge in [-0.15, -0.1) is 10.3 Å².